The van der Waals surface area contributed by atoms with E-state index in [1.165, 1.54) is 0 Å². The van der Waals surface area contributed by atoms with Crippen molar-refractivity contribution < 1.29 is 9.59 Å². The molecule has 170 valence electrons. The molecular formula is C25H32N4O3. The van der Waals surface area contributed by atoms with Gasteiger partial charge in [-0.2, -0.15) is 0 Å². The SMILES string of the molecule is CN(C)CCNC(=O)c1c2c(cn(CCc3ccccc3)c1=O)CN(C(=O)C1CC1)CC2. The van der Waals surface area contributed by atoms with E-state index in [0.717, 1.165) is 29.5 Å². The lowest BCUT2D eigenvalue weighted by Crippen LogP contribution is -2.42. The third-order valence-electron chi connectivity index (χ3n) is 6.26. The lowest BCUT2D eigenvalue weighted by Gasteiger charge is -2.30. The molecule has 1 aromatic carbocycles. The zero-order valence-electron chi connectivity index (χ0n) is 19.0. The smallest absolute Gasteiger partial charge is 0.263 e. The highest BCUT2D eigenvalue weighted by Gasteiger charge is 2.35. The van der Waals surface area contributed by atoms with Gasteiger partial charge in [0.25, 0.3) is 11.5 Å². The Hall–Kier alpha value is -2.93. The number of benzene rings is 1. The highest BCUT2D eigenvalue weighted by atomic mass is 16.2. The van der Waals surface area contributed by atoms with E-state index in [0.29, 0.717) is 45.6 Å². The standard InChI is InChI=1S/C25H32N4O3/c1-27(2)15-12-26-23(30)22-21-11-14-28(24(31)19-8-9-19)16-20(21)17-29(25(22)32)13-10-18-6-4-3-5-7-18/h3-7,17,19H,8-16H2,1-2H3,(H,26,30). The zero-order valence-corrected chi connectivity index (χ0v) is 19.0. The van der Waals surface area contributed by atoms with Crippen molar-refractivity contribution in [2.24, 2.45) is 5.92 Å². The van der Waals surface area contributed by atoms with E-state index in [2.05, 4.69) is 5.32 Å². The van der Waals surface area contributed by atoms with Crippen molar-refractivity contribution in [3.63, 3.8) is 0 Å². The number of rotatable bonds is 8. The van der Waals surface area contributed by atoms with Crippen LogP contribution in [-0.4, -0.2) is 59.9 Å². The Morgan fingerprint density at radius 3 is 2.59 bits per heavy atom. The van der Waals surface area contributed by atoms with Crippen LogP contribution in [0.15, 0.2) is 41.3 Å². The van der Waals surface area contributed by atoms with Gasteiger partial charge in [0.1, 0.15) is 5.56 Å². The van der Waals surface area contributed by atoms with E-state index in [9.17, 15) is 14.4 Å². The molecule has 1 aromatic heterocycles. The molecule has 7 heteroatoms. The van der Waals surface area contributed by atoms with Crippen molar-refractivity contribution in [1.29, 1.82) is 0 Å². The minimum atomic E-state index is -0.316. The molecule has 1 saturated carbocycles. The molecule has 0 atom stereocenters. The van der Waals surface area contributed by atoms with Crippen molar-refractivity contribution in [2.45, 2.75) is 38.8 Å². The number of aryl methyl sites for hydroxylation is 2. The highest BCUT2D eigenvalue weighted by Crippen LogP contribution is 2.33. The van der Waals surface area contributed by atoms with Crippen LogP contribution in [0.2, 0.25) is 0 Å². The molecule has 32 heavy (non-hydrogen) atoms. The Kier molecular flexibility index (Phi) is 6.74. The van der Waals surface area contributed by atoms with Crippen LogP contribution in [0, 0.1) is 5.92 Å². The second-order valence-electron chi connectivity index (χ2n) is 9.09. The number of carbonyl (C=O) groups is 2. The number of likely N-dealkylation sites (N-methyl/N-ethyl adjacent to an activating group) is 1. The first-order valence-electron chi connectivity index (χ1n) is 11.4. The molecule has 1 fully saturated rings. The van der Waals surface area contributed by atoms with Gasteiger partial charge in [0.2, 0.25) is 5.91 Å². The molecular weight excluding hydrogens is 404 g/mol. The topological polar surface area (TPSA) is 74.7 Å². The van der Waals surface area contributed by atoms with Crippen molar-refractivity contribution in [1.82, 2.24) is 19.7 Å². The Labute approximate surface area is 189 Å². The van der Waals surface area contributed by atoms with Crippen LogP contribution >= 0.6 is 0 Å². The van der Waals surface area contributed by atoms with Crippen LogP contribution in [0.3, 0.4) is 0 Å². The third-order valence-corrected chi connectivity index (χ3v) is 6.26. The fourth-order valence-corrected chi connectivity index (χ4v) is 4.26. The van der Waals surface area contributed by atoms with Gasteiger partial charge in [0, 0.05) is 44.8 Å². The summed E-state index contributed by atoms with van der Waals surface area (Å²) in [7, 11) is 3.89. The summed E-state index contributed by atoms with van der Waals surface area (Å²) in [5, 5.41) is 2.91. The lowest BCUT2D eigenvalue weighted by molar-refractivity contribution is -0.133. The van der Waals surface area contributed by atoms with Crippen molar-refractivity contribution in [2.75, 3.05) is 33.7 Å². The summed E-state index contributed by atoms with van der Waals surface area (Å²) in [6, 6.07) is 10.0. The second kappa shape index (κ2) is 9.69. The van der Waals surface area contributed by atoms with Crippen molar-refractivity contribution in [3.05, 3.63) is 69.1 Å². The van der Waals surface area contributed by atoms with E-state index >= 15 is 0 Å². The first-order valence-corrected chi connectivity index (χ1v) is 11.4. The maximum atomic E-state index is 13.3. The number of aromatic nitrogens is 1. The quantitative estimate of drug-likeness (QED) is 0.683. The van der Waals surface area contributed by atoms with Gasteiger partial charge >= 0.3 is 0 Å². The number of pyridine rings is 1. The summed E-state index contributed by atoms with van der Waals surface area (Å²) in [5.41, 5.74) is 2.85. The summed E-state index contributed by atoms with van der Waals surface area (Å²) < 4.78 is 1.65. The van der Waals surface area contributed by atoms with Crippen molar-refractivity contribution in [3.8, 4) is 0 Å². The molecule has 1 aliphatic heterocycles. The molecule has 1 aliphatic carbocycles. The average Bonchev–Trinajstić information content (AvgIpc) is 3.63. The number of hydrogen-bond donors (Lipinski definition) is 1. The molecule has 0 radical (unpaired) electrons. The first-order chi connectivity index (χ1) is 15.4. The van der Waals surface area contributed by atoms with Crippen LogP contribution in [0.25, 0.3) is 0 Å². The van der Waals surface area contributed by atoms with Gasteiger partial charge in [-0.1, -0.05) is 30.3 Å². The fourth-order valence-electron chi connectivity index (χ4n) is 4.26. The van der Waals surface area contributed by atoms with E-state index in [1.807, 2.05) is 60.4 Å². The molecule has 1 N–H and O–H groups in total. The van der Waals surface area contributed by atoms with Gasteiger partial charge in [-0.05, 0) is 56.5 Å². The number of fused-ring (bicyclic) bond motifs is 1. The predicted molar refractivity (Wildman–Crippen MR) is 124 cm³/mol. The van der Waals surface area contributed by atoms with Gasteiger partial charge in [-0.25, -0.2) is 0 Å². The highest BCUT2D eigenvalue weighted by molar-refractivity contribution is 5.95. The Morgan fingerprint density at radius 1 is 1.16 bits per heavy atom. The molecule has 0 bridgehead atoms. The molecule has 2 aromatic rings. The zero-order chi connectivity index (χ0) is 22.7. The molecule has 2 amide bonds. The second-order valence-corrected chi connectivity index (χ2v) is 9.09. The van der Waals surface area contributed by atoms with E-state index in [-0.39, 0.29) is 28.9 Å². The van der Waals surface area contributed by atoms with Crippen LogP contribution in [0.1, 0.15) is 39.9 Å². The molecule has 0 saturated heterocycles. The van der Waals surface area contributed by atoms with E-state index in [1.54, 1.807) is 4.57 Å². The molecule has 2 heterocycles. The van der Waals surface area contributed by atoms with Crippen LogP contribution in [0.5, 0.6) is 0 Å². The summed E-state index contributed by atoms with van der Waals surface area (Å²) in [6.45, 7) is 2.70. The van der Waals surface area contributed by atoms with Crippen LogP contribution in [0.4, 0.5) is 0 Å². The normalized spacial score (nSPS) is 15.5. The molecule has 4 rings (SSSR count). The first kappa shape index (κ1) is 22.3. The fraction of sp³-hybridized carbons (Fsp3) is 0.480. The monoisotopic (exact) mass is 436 g/mol. The molecule has 0 unspecified atom stereocenters. The van der Waals surface area contributed by atoms with E-state index in [4.69, 9.17) is 0 Å². The molecule has 2 aliphatic rings. The molecule has 7 nitrogen and oxygen atoms in total. The van der Waals surface area contributed by atoms with Gasteiger partial charge in [-0.15, -0.1) is 0 Å². The summed E-state index contributed by atoms with van der Waals surface area (Å²) in [5.74, 6) is 0.0492. The largest absolute Gasteiger partial charge is 0.351 e. The van der Waals surface area contributed by atoms with E-state index < -0.39 is 0 Å². The average molecular weight is 437 g/mol. The minimum Gasteiger partial charge on any atom is -0.351 e. The van der Waals surface area contributed by atoms with Crippen LogP contribution < -0.4 is 10.9 Å². The Bertz CT molecular complexity index is 1040. The Morgan fingerprint density at radius 2 is 1.91 bits per heavy atom. The number of amides is 2. The summed E-state index contributed by atoms with van der Waals surface area (Å²) in [4.78, 5) is 42.9. The van der Waals surface area contributed by atoms with Crippen LogP contribution in [-0.2, 0) is 30.7 Å². The van der Waals surface area contributed by atoms with Gasteiger partial charge in [-0.3, -0.25) is 14.4 Å². The number of nitrogens with zero attached hydrogens (tertiary/aromatic N) is 3. The van der Waals surface area contributed by atoms with Gasteiger partial charge in [0.05, 0.1) is 0 Å². The number of carbonyl (C=O) groups excluding carboxylic acids is 2. The van der Waals surface area contributed by atoms with Crippen molar-refractivity contribution >= 4 is 11.8 Å². The summed E-state index contributed by atoms with van der Waals surface area (Å²) >= 11 is 0. The lowest BCUT2D eigenvalue weighted by atomic mass is 9.95. The summed E-state index contributed by atoms with van der Waals surface area (Å²) in [6.07, 6.45) is 5.05. The maximum Gasteiger partial charge on any atom is 0.263 e. The van der Waals surface area contributed by atoms with Gasteiger partial charge in [0.15, 0.2) is 0 Å². The maximum absolute atomic E-state index is 13.3. The third kappa shape index (κ3) is 5.10. The van der Waals surface area contributed by atoms with Gasteiger partial charge < -0.3 is 19.7 Å². The predicted octanol–water partition coefficient (Wildman–Crippen LogP) is 1.68. The number of nitrogens with one attached hydrogen (secondary N) is 1. The Balaban J connectivity index is 1.62. The minimum absolute atomic E-state index is 0.161. The number of hydrogen-bond acceptors (Lipinski definition) is 4. The molecule has 0 spiro atoms.